The number of nitrogens with zero attached hydrogens (tertiary/aromatic N) is 4. The Bertz CT molecular complexity index is 690. The van der Waals surface area contributed by atoms with E-state index in [4.69, 9.17) is 80.0 Å². The van der Waals surface area contributed by atoms with Crippen molar-refractivity contribution in [1.29, 1.82) is 0 Å². The van der Waals surface area contributed by atoms with Gasteiger partial charge in [-0.05, 0) is 23.7 Å². The molecule has 0 atom stereocenters. The first-order valence-electron chi connectivity index (χ1n) is 19.0. The fourth-order valence-corrected chi connectivity index (χ4v) is 6.00. The fraction of sp³-hybridized carbons (Fsp3) is 0.889. The van der Waals surface area contributed by atoms with E-state index in [0.29, 0.717) is 0 Å². The molecule has 4 aliphatic rings. The first-order valence-corrected chi connectivity index (χ1v) is 23.2. The van der Waals surface area contributed by atoms with Crippen LogP contribution in [0, 0.1) is 23.7 Å². The molecule has 0 spiro atoms. The molecule has 16 nitrogen and oxygen atoms in total. The number of carbonyl (C=O) groups is 4. The van der Waals surface area contributed by atoms with Crippen LogP contribution in [0.3, 0.4) is 0 Å². The van der Waals surface area contributed by atoms with Crippen LogP contribution in [0.25, 0.3) is 21.3 Å². The second-order valence-corrected chi connectivity index (χ2v) is 15.3. The summed E-state index contributed by atoms with van der Waals surface area (Å²) in [5.74, 6) is -4.71. The second kappa shape index (κ2) is 56.6. The Balaban J connectivity index is -0.000000130. The van der Waals surface area contributed by atoms with Crippen LogP contribution in [0.5, 0.6) is 0 Å². The molecule has 4 fully saturated rings. The molecule has 4 saturated heterocycles. The first-order chi connectivity index (χ1) is 26.4. The molecule has 20 heteroatoms. The van der Waals surface area contributed by atoms with Crippen molar-refractivity contribution < 1.29 is 98.2 Å². The Kier molecular flexibility index (Phi) is 68.0. The Morgan fingerprint density at radius 3 is 0.643 bits per heavy atom. The summed E-state index contributed by atoms with van der Waals surface area (Å²) in [4.78, 5) is 35.7. The van der Waals surface area contributed by atoms with E-state index in [1.807, 2.05) is 0 Å². The van der Waals surface area contributed by atoms with Crippen molar-refractivity contribution in [3.63, 3.8) is 0 Å². The third-order valence-electron chi connectivity index (χ3n) is 8.68. The summed E-state index contributed by atoms with van der Waals surface area (Å²) >= 11 is -0.226. The van der Waals surface area contributed by atoms with Gasteiger partial charge in [0.15, 0.2) is 0 Å². The first kappa shape index (κ1) is 67.3. The van der Waals surface area contributed by atoms with E-state index in [9.17, 15) is 0 Å². The van der Waals surface area contributed by atoms with Crippen LogP contribution < -0.4 is 41.5 Å². The van der Waals surface area contributed by atoms with Crippen LogP contribution >= 0.6 is 19.4 Å². The predicted octanol–water partition coefficient (Wildman–Crippen LogP) is -0.129. The maximum atomic E-state index is 8.93. The van der Waals surface area contributed by atoms with Gasteiger partial charge < -0.3 is 81.9 Å². The number of carboxylic acid groups (broad SMARTS) is 4. The van der Waals surface area contributed by atoms with Gasteiger partial charge in [-0.25, -0.2) is 0 Å². The van der Waals surface area contributed by atoms with E-state index in [1.54, 1.807) is 0 Å². The molecule has 0 aromatic rings. The summed E-state index contributed by atoms with van der Waals surface area (Å²) in [6, 6.07) is 0. The summed E-state index contributed by atoms with van der Waals surface area (Å²) in [5, 5.41) is 80.9. The van der Waals surface area contributed by atoms with Gasteiger partial charge in [0.2, 0.25) is 0 Å². The van der Waals surface area contributed by atoms with Gasteiger partial charge in [-0.2, -0.15) is 0 Å². The van der Waals surface area contributed by atoms with Gasteiger partial charge in [0.25, 0.3) is 0 Å². The topological polar surface area (TPSA) is 309 Å². The molecule has 4 rings (SSSR count). The molecule has 0 radical (unpaired) electrons. The Labute approximate surface area is 367 Å². The van der Waals surface area contributed by atoms with Crippen LogP contribution in [0.4, 0.5) is 0 Å². The molecular formula is C36H64Cl2N4NbO12Rh-7. The quantitative estimate of drug-likeness (QED) is 0.133. The molecule has 0 amide bonds. The molecule has 4 aliphatic heterocycles. The van der Waals surface area contributed by atoms with Crippen molar-refractivity contribution in [1.82, 2.24) is 0 Å². The molecule has 0 aliphatic carbocycles. The van der Waals surface area contributed by atoms with E-state index < -0.39 is 23.9 Å². The van der Waals surface area contributed by atoms with Gasteiger partial charge in [0, 0.05) is 0 Å². The number of carbonyl (C=O) groups excluding carboxylic acids is 4. The summed E-state index contributed by atoms with van der Waals surface area (Å²) in [7, 11) is 9.67. The summed E-state index contributed by atoms with van der Waals surface area (Å²) in [6.45, 7) is 18.1. The van der Waals surface area contributed by atoms with Crippen LogP contribution in [-0.4, -0.2) is 76.2 Å². The average Bonchev–Trinajstić information content (AvgIpc) is 3.20. The van der Waals surface area contributed by atoms with Gasteiger partial charge >= 0.3 is 56.9 Å². The van der Waals surface area contributed by atoms with E-state index in [2.05, 4.69) is 49.0 Å². The van der Waals surface area contributed by atoms with Gasteiger partial charge in [-0.3, -0.25) is 0 Å². The van der Waals surface area contributed by atoms with Crippen LogP contribution in [0.15, 0.2) is 0 Å². The molecule has 0 aromatic heterocycles. The van der Waals surface area contributed by atoms with E-state index in [1.165, 1.54) is 103 Å². The molecule has 0 unspecified atom stereocenters. The third kappa shape index (κ3) is 55.6. The Morgan fingerprint density at radius 2 is 0.554 bits per heavy atom. The monoisotopic (exact) mass is 1010 g/mol. The third-order valence-corrected chi connectivity index (χ3v) is 8.68. The number of halogens is 2. The second-order valence-electron chi connectivity index (χ2n) is 12.8. The van der Waals surface area contributed by atoms with Gasteiger partial charge in [0.05, 0.1) is 23.9 Å². The molecule has 0 aromatic carbocycles. The number of piperidine rings is 4. The zero-order valence-corrected chi connectivity index (χ0v) is 38.9. The predicted molar refractivity (Wildman–Crippen MR) is 195 cm³/mol. The van der Waals surface area contributed by atoms with Crippen LogP contribution in [0.2, 0.25) is 0 Å². The molecule has 4 heterocycles. The summed E-state index contributed by atoms with van der Waals surface area (Å²) in [5.41, 5.74) is 0. The molecule has 56 heavy (non-hydrogen) atoms. The maximum Gasteiger partial charge on any atom is 5.00 e. The minimum absolute atomic E-state index is 0. The van der Waals surface area contributed by atoms with Crippen molar-refractivity contribution in [2.45, 2.75) is 130 Å². The molecule has 0 saturated carbocycles. The molecule has 0 bridgehead atoms. The summed E-state index contributed by atoms with van der Waals surface area (Å²) in [6.07, 6.45) is 22.0. The number of aliphatic carboxylic acids is 4. The van der Waals surface area contributed by atoms with Gasteiger partial charge in [0.1, 0.15) is 0 Å². The molecular weight excluding hydrogens is 947 g/mol. The minimum atomic E-state index is -2.19. The number of hydrogen-bond donors (Lipinski definition) is 0. The minimum Gasteiger partial charge on any atom is -1.00 e. The Morgan fingerprint density at radius 1 is 0.429 bits per heavy atom. The number of carboxylic acids is 4. The largest absolute Gasteiger partial charge is 5.00 e. The van der Waals surface area contributed by atoms with Crippen molar-refractivity contribution in [2.24, 2.45) is 23.7 Å². The van der Waals surface area contributed by atoms with Crippen molar-refractivity contribution in [3.05, 3.63) is 21.3 Å². The normalized spacial score (nSPS) is 16.5. The smallest absolute Gasteiger partial charge is 1.00 e. The average molecular weight is 1010 g/mol. The van der Waals surface area contributed by atoms with Crippen LogP contribution in [-0.2, 0) is 56.7 Å². The van der Waals surface area contributed by atoms with E-state index in [0.717, 1.165) is 76.0 Å². The van der Waals surface area contributed by atoms with E-state index >= 15 is 0 Å². The SMILES string of the molecule is CCCC1CC[N-]CC1.CCCC1CC[N-]CC1.CCCC1CC[N-]CC1.CCCC1CC[N-]CC1.O=C([O-])C(=O)[O-].O=C([O-])C(=O)[O-].[Cl][Rh][Cl].[Nb+5].[O-][O-].[O-][O-]. The number of hydrogen-bond acceptors (Lipinski definition) is 12. The number of rotatable bonds is 8. The molecule has 335 valence electrons. The zero-order valence-electron chi connectivity index (χ0n) is 33.5. The molecule has 0 N–H and O–H groups in total. The zero-order chi connectivity index (χ0) is 43.1. The van der Waals surface area contributed by atoms with Crippen molar-refractivity contribution in [3.8, 4) is 0 Å². The van der Waals surface area contributed by atoms with Crippen LogP contribution in [0.1, 0.15) is 130 Å². The van der Waals surface area contributed by atoms with Crippen molar-refractivity contribution in [2.75, 3.05) is 52.4 Å². The van der Waals surface area contributed by atoms with E-state index in [-0.39, 0.29) is 37.5 Å². The van der Waals surface area contributed by atoms with Crippen molar-refractivity contribution >= 4 is 43.3 Å². The summed E-state index contributed by atoms with van der Waals surface area (Å²) < 4.78 is 0. The van der Waals surface area contributed by atoms with Gasteiger partial charge in [-0.1, -0.05) is 130 Å². The van der Waals surface area contributed by atoms with Gasteiger partial charge in [-0.15, -0.1) is 52.4 Å². The Hall–Kier alpha value is -0.496. The standard InChI is InChI=1S/4C8H16N.2C2H2O4.2ClH.Nb.2O2.Rh/c4*1-2-3-8-4-6-9-7-5-8;2*3-1(4)2(5)6;;;;2*1-2;/h4*8H,2-7H2,1H3;2*(H,3,4)(H,5,6);2*1H;;;;/q4*-1;;;;;+5;2*-2;+2/p-6. The maximum absolute atomic E-state index is 8.93. The fourth-order valence-electron chi connectivity index (χ4n) is 6.00.